The van der Waals surface area contributed by atoms with Gasteiger partial charge in [-0.3, -0.25) is 14.5 Å². The Hall–Kier alpha value is -1.59. The van der Waals surface area contributed by atoms with Gasteiger partial charge in [-0.25, -0.2) is 4.79 Å². The summed E-state index contributed by atoms with van der Waals surface area (Å²) >= 11 is 0. The zero-order valence-corrected chi connectivity index (χ0v) is 15.8. The van der Waals surface area contributed by atoms with Crippen LogP contribution in [-0.4, -0.2) is 52.8 Å². The number of carbonyl (C=O) groups excluding carboxylic acids is 3. The van der Waals surface area contributed by atoms with E-state index in [-0.39, 0.29) is 24.4 Å². The van der Waals surface area contributed by atoms with E-state index in [0.717, 1.165) is 38.3 Å². The van der Waals surface area contributed by atoms with Crippen molar-refractivity contribution in [2.75, 3.05) is 19.6 Å². The monoisotopic (exact) mass is 361 g/mol. The number of rotatable bonds is 2. The van der Waals surface area contributed by atoms with Crippen LogP contribution in [0.2, 0.25) is 0 Å². The zero-order valence-electron chi connectivity index (χ0n) is 15.8. The highest BCUT2D eigenvalue weighted by Gasteiger charge is 2.52. The van der Waals surface area contributed by atoms with Gasteiger partial charge in [0.2, 0.25) is 5.91 Å². The lowest BCUT2D eigenvalue weighted by molar-refractivity contribution is -0.141. The van der Waals surface area contributed by atoms with Crippen LogP contribution in [0.4, 0.5) is 4.79 Å². The maximum Gasteiger partial charge on any atom is 0.325 e. The van der Waals surface area contributed by atoms with Gasteiger partial charge in [-0.1, -0.05) is 26.2 Å². The van der Waals surface area contributed by atoms with Gasteiger partial charge < -0.3 is 10.2 Å². The van der Waals surface area contributed by atoms with Crippen LogP contribution in [-0.2, 0) is 9.59 Å². The van der Waals surface area contributed by atoms with Gasteiger partial charge in [0.25, 0.3) is 5.91 Å². The first-order valence-electron chi connectivity index (χ1n) is 10.4. The number of likely N-dealkylation sites (tertiary alicyclic amines) is 1. The molecule has 2 saturated heterocycles. The average Bonchev–Trinajstić information content (AvgIpc) is 2.88. The second-order valence-corrected chi connectivity index (χ2v) is 9.02. The number of nitrogens with one attached hydrogen (secondary N) is 1. The maximum absolute atomic E-state index is 12.9. The second-order valence-electron chi connectivity index (χ2n) is 9.02. The first-order chi connectivity index (χ1) is 12.5. The molecule has 0 bridgehead atoms. The summed E-state index contributed by atoms with van der Waals surface area (Å²) in [6.45, 7) is 3.66. The minimum atomic E-state index is -0.750. The predicted molar refractivity (Wildman–Crippen MR) is 97.3 cm³/mol. The summed E-state index contributed by atoms with van der Waals surface area (Å²) in [7, 11) is 0. The smallest absolute Gasteiger partial charge is 0.325 e. The molecule has 2 atom stereocenters. The summed E-state index contributed by atoms with van der Waals surface area (Å²) < 4.78 is 0. The van der Waals surface area contributed by atoms with Crippen LogP contribution < -0.4 is 5.32 Å². The molecule has 26 heavy (non-hydrogen) atoms. The number of amides is 4. The third-order valence-electron chi connectivity index (χ3n) is 7.31. The summed E-state index contributed by atoms with van der Waals surface area (Å²) in [4.78, 5) is 41.2. The molecule has 4 aliphatic rings. The van der Waals surface area contributed by atoms with Gasteiger partial charge in [0, 0.05) is 13.1 Å². The number of hydrogen-bond acceptors (Lipinski definition) is 3. The maximum atomic E-state index is 12.9. The summed E-state index contributed by atoms with van der Waals surface area (Å²) in [5.41, 5.74) is -0.750. The lowest BCUT2D eigenvalue weighted by Gasteiger charge is -2.41. The minimum absolute atomic E-state index is 0.0706. The second kappa shape index (κ2) is 6.86. The van der Waals surface area contributed by atoms with Crippen LogP contribution in [0, 0.1) is 17.8 Å². The van der Waals surface area contributed by atoms with E-state index >= 15 is 0 Å². The van der Waals surface area contributed by atoms with Crippen molar-refractivity contribution in [1.29, 1.82) is 0 Å². The molecule has 4 fully saturated rings. The number of piperidine rings is 1. The minimum Gasteiger partial charge on any atom is -0.341 e. The third kappa shape index (κ3) is 3.12. The highest BCUT2D eigenvalue weighted by atomic mass is 16.2. The summed E-state index contributed by atoms with van der Waals surface area (Å²) in [6.07, 6.45) is 9.42. The van der Waals surface area contributed by atoms with Crippen LogP contribution >= 0.6 is 0 Å². The molecule has 0 radical (unpaired) electrons. The quantitative estimate of drug-likeness (QED) is 0.769. The van der Waals surface area contributed by atoms with Gasteiger partial charge in [-0.15, -0.1) is 0 Å². The summed E-state index contributed by atoms with van der Waals surface area (Å²) in [5.74, 6) is 1.71. The summed E-state index contributed by atoms with van der Waals surface area (Å²) in [6, 6.07) is -0.384. The van der Waals surface area contributed by atoms with Crippen LogP contribution in [0.5, 0.6) is 0 Å². The molecule has 2 aliphatic carbocycles. The predicted octanol–water partition coefficient (Wildman–Crippen LogP) is 2.53. The Kier molecular flexibility index (Phi) is 4.70. The lowest BCUT2D eigenvalue weighted by Crippen LogP contribution is -2.51. The largest absolute Gasteiger partial charge is 0.341 e. The van der Waals surface area contributed by atoms with Crippen molar-refractivity contribution in [1.82, 2.24) is 15.1 Å². The molecule has 1 N–H and O–H groups in total. The molecule has 4 amide bonds. The number of carbonyl (C=O) groups is 3. The van der Waals surface area contributed by atoms with Gasteiger partial charge in [0.05, 0.1) is 0 Å². The fourth-order valence-electron chi connectivity index (χ4n) is 5.48. The first kappa shape index (κ1) is 17.8. The van der Waals surface area contributed by atoms with Crippen molar-refractivity contribution in [2.24, 2.45) is 17.8 Å². The number of fused-ring (bicyclic) bond motifs is 1. The molecule has 0 aromatic heterocycles. The topological polar surface area (TPSA) is 69.7 Å². The number of nitrogens with zero attached hydrogens (tertiary/aromatic N) is 2. The van der Waals surface area contributed by atoms with Crippen molar-refractivity contribution in [3.8, 4) is 0 Å². The van der Waals surface area contributed by atoms with E-state index in [0.29, 0.717) is 24.7 Å². The Bertz CT molecular complexity index is 597. The third-order valence-corrected chi connectivity index (χ3v) is 7.31. The molecular formula is C20H31N3O3. The fraction of sp³-hybridized carbons (Fsp3) is 0.850. The van der Waals surface area contributed by atoms with Crippen molar-refractivity contribution >= 4 is 17.8 Å². The Morgan fingerprint density at radius 3 is 2.50 bits per heavy atom. The average molecular weight is 361 g/mol. The number of imide groups is 1. The van der Waals surface area contributed by atoms with Crippen molar-refractivity contribution in [3.05, 3.63) is 0 Å². The number of urea groups is 1. The Morgan fingerprint density at radius 2 is 1.77 bits per heavy atom. The molecule has 4 rings (SSSR count). The van der Waals surface area contributed by atoms with E-state index in [1.165, 1.54) is 30.6 Å². The molecule has 2 heterocycles. The normalized spacial score (nSPS) is 37.7. The van der Waals surface area contributed by atoms with Crippen LogP contribution in [0.1, 0.15) is 64.7 Å². The Morgan fingerprint density at radius 1 is 1.08 bits per heavy atom. The lowest BCUT2D eigenvalue weighted by atomic mass is 9.75. The first-order valence-corrected chi connectivity index (χ1v) is 10.4. The molecule has 6 heteroatoms. The number of hydrogen-bond donors (Lipinski definition) is 1. The molecule has 144 valence electrons. The SMILES string of the molecule is CC1CCC2(CC1)NC(=O)N(CC(=O)N1CC[C@@H]3CCCC[C@H]3C1)C2=O. The molecule has 1 spiro atoms. The van der Waals surface area contributed by atoms with Crippen LogP contribution in [0.25, 0.3) is 0 Å². The fourth-order valence-corrected chi connectivity index (χ4v) is 5.48. The van der Waals surface area contributed by atoms with E-state index in [4.69, 9.17) is 0 Å². The molecule has 0 aromatic carbocycles. The zero-order chi connectivity index (χ0) is 18.3. The van der Waals surface area contributed by atoms with E-state index in [2.05, 4.69) is 12.2 Å². The molecule has 2 aliphatic heterocycles. The van der Waals surface area contributed by atoms with Gasteiger partial charge in [0.15, 0.2) is 0 Å². The van der Waals surface area contributed by atoms with Crippen LogP contribution in [0.15, 0.2) is 0 Å². The van der Waals surface area contributed by atoms with E-state index in [1.807, 2.05) is 4.90 Å². The molecule has 2 saturated carbocycles. The van der Waals surface area contributed by atoms with E-state index in [9.17, 15) is 14.4 Å². The highest BCUT2D eigenvalue weighted by molar-refractivity contribution is 6.09. The van der Waals surface area contributed by atoms with Gasteiger partial charge in [-0.05, 0) is 56.3 Å². The summed E-state index contributed by atoms with van der Waals surface area (Å²) in [5, 5.41) is 2.91. The van der Waals surface area contributed by atoms with E-state index in [1.54, 1.807) is 0 Å². The molecule has 6 nitrogen and oxygen atoms in total. The van der Waals surface area contributed by atoms with Gasteiger partial charge in [0.1, 0.15) is 12.1 Å². The van der Waals surface area contributed by atoms with Crippen molar-refractivity contribution in [3.63, 3.8) is 0 Å². The van der Waals surface area contributed by atoms with Crippen molar-refractivity contribution in [2.45, 2.75) is 70.3 Å². The van der Waals surface area contributed by atoms with E-state index < -0.39 is 5.54 Å². The van der Waals surface area contributed by atoms with Gasteiger partial charge >= 0.3 is 6.03 Å². The highest BCUT2D eigenvalue weighted by Crippen LogP contribution is 2.37. The van der Waals surface area contributed by atoms with Gasteiger partial charge in [-0.2, -0.15) is 0 Å². The van der Waals surface area contributed by atoms with Crippen molar-refractivity contribution < 1.29 is 14.4 Å². The Balaban J connectivity index is 1.38. The molecule has 0 unspecified atom stereocenters. The molecular weight excluding hydrogens is 330 g/mol. The van der Waals surface area contributed by atoms with Crippen LogP contribution in [0.3, 0.4) is 0 Å². The Labute approximate surface area is 155 Å². The standard InChI is InChI=1S/C20H31N3O3/c1-14-6-9-20(10-7-14)18(25)23(19(26)21-20)13-17(24)22-11-8-15-4-2-3-5-16(15)12-22/h14-16H,2-13H2,1H3,(H,21,26)/t14?,15-,16-,20?/m0/s1. The molecule has 0 aromatic rings.